The van der Waals surface area contributed by atoms with E-state index in [4.69, 9.17) is 27.9 Å². The maximum absolute atomic E-state index is 12.6. The molecule has 0 aliphatic carbocycles. The monoisotopic (exact) mass is 433 g/mol. The standard InChI is InChI=1S/C20H17Cl2N3O4/c1-2-29-17-8-5-14(22)9-12(17)10-16-19(27)25(20(28)24-16)11-18(26)23-15-6-3-13(21)4-7-15/h3-10H,2,11H2,1H3,(H,23,26)(H,24,28)/b16-10-. The van der Waals surface area contributed by atoms with Gasteiger partial charge < -0.3 is 15.4 Å². The van der Waals surface area contributed by atoms with Gasteiger partial charge in [-0.3, -0.25) is 9.59 Å². The second-order valence-corrected chi connectivity index (χ2v) is 6.92. The van der Waals surface area contributed by atoms with Crippen molar-refractivity contribution >= 4 is 52.8 Å². The molecule has 1 aliphatic rings. The zero-order chi connectivity index (χ0) is 21.0. The van der Waals surface area contributed by atoms with E-state index >= 15 is 0 Å². The first-order chi connectivity index (χ1) is 13.9. The first-order valence-electron chi connectivity index (χ1n) is 8.69. The van der Waals surface area contributed by atoms with Gasteiger partial charge in [-0.25, -0.2) is 9.69 Å². The van der Waals surface area contributed by atoms with Gasteiger partial charge in [-0.1, -0.05) is 23.2 Å². The van der Waals surface area contributed by atoms with E-state index < -0.39 is 24.4 Å². The third kappa shape index (κ3) is 5.07. The molecule has 0 saturated carbocycles. The number of imide groups is 1. The van der Waals surface area contributed by atoms with E-state index in [9.17, 15) is 14.4 Å². The Balaban J connectivity index is 1.74. The van der Waals surface area contributed by atoms with Crippen molar-refractivity contribution in [3.05, 3.63) is 63.8 Å². The second-order valence-electron chi connectivity index (χ2n) is 6.05. The van der Waals surface area contributed by atoms with Crippen LogP contribution in [0.25, 0.3) is 6.08 Å². The van der Waals surface area contributed by atoms with E-state index in [1.807, 2.05) is 6.92 Å². The molecule has 4 amide bonds. The molecule has 1 aliphatic heterocycles. The van der Waals surface area contributed by atoms with Gasteiger partial charge in [0, 0.05) is 21.3 Å². The Morgan fingerprint density at radius 2 is 1.83 bits per heavy atom. The van der Waals surface area contributed by atoms with Crippen LogP contribution in [0.1, 0.15) is 12.5 Å². The van der Waals surface area contributed by atoms with Crippen LogP contribution in [-0.4, -0.2) is 35.9 Å². The van der Waals surface area contributed by atoms with Crippen LogP contribution in [0.4, 0.5) is 10.5 Å². The van der Waals surface area contributed by atoms with Gasteiger partial charge in [-0.2, -0.15) is 0 Å². The predicted octanol–water partition coefficient (Wildman–Crippen LogP) is 3.92. The van der Waals surface area contributed by atoms with E-state index in [1.54, 1.807) is 42.5 Å². The molecule has 0 unspecified atom stereocenters. The number of ether oxygens (including phenoxy) is 1. The summed E-state index contributed by atoms with van der Waals surface area (Å²) in [5, 5.41) is 6.06. The van der Waals surface area contributed by atoms with Crippen molar-refractivity contribution in [2.75, 3.05) is 18.5 Å². The Kier molecular flexibility index (Phi) is 6.41. The fraction of sp³-hybridized carbons (Fsp3) is 0.150. The van der Waals surface area contributed by atoms with Gasteiger partial charge in [0.15, 0.2) is 0 Å². The lowest BCUT2D eigenvalue weighted by Crippen LogP contribution is -2.38. The highest BCUT2D eigenvalue weighted by atomic mass is 35.5. The summed E-state index contributed by atoms with van der Waals surface area (Å²) in [7, 11) is 0. The number of hydrogen-bond donors (Lipinski definition) is 2. The van der Waals surface area contributed by atoms with Gasteiger partial charge in [0.1, 0.15) is 18.0 Å². The van der Waals surface area contributed by atoms with Gasteiger partial charge in [-0.15, -0.1) is 0 Å². The number of carbonyl (C=O) groups excluding carboxylic acids is 3. The van der Waals surface area contributed by atoms with Gasteiger partial charge >= 0.3 is 6.03 Å². The van der Waals surface area contributed by atoms with Gasteiger partial charge in [-0.05, 0) is 55.5 Å². The van der Waals surface area contributed by atoms with Crippen LogP contribution in [-0.2, 0) is 9.59 Å². The quantitative estimate of drug-likeness (QED) is 0.533. The summed E-state index contributed by atoms with van der Waals surface area (Å²) < 4.78 is 5.52. The maximum Gasteiger partial charge on any atom is 0.329 e. The third-order valence-electron chi connectivity index (χ3n) is 3.96. The average molecular weight is 434 g/mol. The summed E-state index contributed by atoms with van der Waals surface area (Å²) in [6.07, 6.45) is 1.47. The summed E-state index contributed by atoms with van der Waals surface area (Å²) >= 11 is 11.8. The Labute approximate surface area is 177 Å². The molecule has 0 atom stereocenters. The molecule has 150 valence electrons. The highest BCUT2D eigenvalue weighted by Gasteiger charge is 2.35. The summed E-state index contributed by atoms with van der Waals surface area (Å²) in [6.45, 7) is 1.82. The van der Waals surface area contributed by atoms with Crippen molar-refractivity contribution < 1.29 is 19.1 Å². The highest BCUT2D eigenvalue weighted by molar-refractivity contribution is 6.31. The molecule has 1 saturated heterocycles. The molecule has 2 aromatic carbocycles. The minimum atomic E-state index is -0.688. The zero-order valence-corrected chi connectivity index (χ0v) is 16.9. The molecule has 0 aromatic heterocycles. The van der Waals surface area contributed by atoms with E-state index in [-0.39, 0.29) is 5.70 Å². The van der Waals surface area contributed by atoms with E-state index in [2.05, 4.69) is 10.6 Å². The maximum atomic E-state index is 12.6. The van der Waals surface area contributed by atoms with Crippen molar-refractivity contribution in [1.29, 1.82) is 0 Å². The predicted molar refractivity (Wildman–Crippen MR) is 111 cm³/mol. The first-order valence-corrected chi connectivity index (χ1v) is 9.45. The van der Waals surface area contributed by atoms with Crippen molar-refractivity contribution in [2.24, 2.45) is 0 Å². The Morgan fingerprint density at radius 3 is 2.52 bits per heavy atom. The van der Waals surface area contributed by atoms with Crippen LogP contribution in [0.5, 0.6) is 5.75 Å². The van der Waals surface area contributed by atoms with Crippen LogP contribution < -0.4 is 15.4 Å². The van der Waals surface area contributed by atoms with Crippen LogP contribution in [0.3, 0.4) is 0 Å². The molecule has 0 bridgehead atoms. The molecule has 2 aromatic rings. The van der Waals surface area contributed by atoms with E-state index in [1.165, 1.54) is 6.08 Å². The van der Waals surface area contributed by atoms with Crippen LogP contribution in [0.15, 0.2) is 48.2 Å². The van der Waals surface area contributed by atoms with E-state index in [0.717, 1.165) is 4.90 Å². The number of halogens is 2. The lowest BCUT2D eigenvalue weighted by Gasteiger charge is -2.12. The Bertz CT molecular complexity index is 990. The van der Waals surface area contributed by atoms with Gasteiger partial charge in [0.05, 0.1) is 6.61 Å². The van der Waals surface area contributed by atoms with Crippen LogP contribution >= 0.6 is 23.2 Å². The number of carbonyl (C=O) groups is 3. The summed E-state index contributed by atoms with van der Waals surface area (Å²) in [6, 6.07) is 10.7. The molecule has 29 heavy (non-hydrogen) atoms. The molecular weight excluding hydrogens is 417 g/mol. The molecule has 7 nitrogen and oxygen atoms in total. The molecule has 2 N–H and O–H groups in total. The molecule has 3 rings (SSSR count). The van der Waals surface area contributed by atoms with Gasteiger partial charge in [0.2, 0.25) is 5.91 Å². The molecule has 1 fully saturated rings. The highest BCUT2D eigenvalue weighted by Crippen LogP contribution is 2.26. The second kappa shape index (κ2) is 8.98. The third-order valence-corrected chi connectivity index (χ3v) is 4.45. The minimum Gasteiger partial charge on any atom is -0.493 e. The number of anilines is 1. The van der Waals surface area contributed by atoms with Crippen LogP contribution in [0.2, 0.25) is 10.0 Å². The summed E-state index contributed by atoms with van der Waals surface area (Å²) in [5.41, 5.74) is 1.07. The Hall–Kier alpha value is -3.03. The fourth-order valence-electron chi connectivity index (χ4n) is 2.67. The largest absolute Gasteiger partial charge is 0.493 e. The number of amides is 4. The zero-order valence-electron chi connectivity index (χ0n) is 15.4. The lowest BCUT2D eigenvalue weighted by molar-refractivity contribution is -0.127. The number of rotatable bonds is 6. The molecule has 9 heteroatoms. The van der Waals surface area contributed by atoms with Crippen molar-refractivity contribution in [3.63, 3.8) is 0 Å². The smallest absolute Gasteiger partial charge is 0.329 e. The molecular formula is C20H17Cl2N3O4. The average Bonchev–Trinajstić information content (AvgIpc) is 2.93. The Morgan fingerprint density at radius 1 is 1.14 bits per heavy atom. The molecule has 1 heterocycles. The van der Waals surface area contributed by atoms with Crippen molar-refractivity contribution in [1.82, 2.24) is 10.2 Å². The number of nitrogens with one attached hydrogen (secondary N) is 2. The number of benzene rings is 2. The molecule has 0 spiro atoms. The van der Waals surface area contributed by atoms with Crippen molar-refractivity contribution in [2.45, 2.75) is 6.92 Å². The lowest BCUT2D eigenvalue weighted by atomic mass is 10.1. The summed E-state index contributed by atoms with van der Waals surface area (Å²) in [4.78, 5) is 37.8. The van der Waals surface area contributed by atoms with E-state index in [0.29, 0.717) is 33.7 Å². The number of hydrogen-bond acceptors (Lipinski definition) is 4. The van der Waals surface area contributed by atoms with Crippen molar-refractivity contribution in [3.8, 4) is 5.75 Å². The SMILES string of the molecule is CCOc1ccc(Cl)cc1/C=C1\NC(=O)N(CC(=O)Nc2ccc(Cl)cc2)C1=O. The molecule has 0 radical (unpaired) electrons. The van der Waals surface area contributed by atoms with Crippen LogP contribution in [0, 0.1) is 0 Å². The first kappa shape index (κ1) is 20.7. The van der Waals surface area contributed by atoms with Gasteiger partial charge in [0.25, 0.3) is 5.91 Å². The fourth-order valence-corrected chi connectivity index (χ4v) is 2.97. The number of urea groups is 1. The summed E-state index contributed by atoms with van der Waals surface area (Å²) in [5.74, 6) is -0.621. The topological polar surface area (TPSA) is 87.7 Å². The minimum absolute atomic E-state index is 0.0255. The number of nitrogens with zero attached hydrogens (tertiary/aromatic N) is 1. The normalized spacial score (nSPS) is 14.9.